The Bertz CT molecular complexity index is 229. The largest absolute Gasteiger partial charge is 0.312 e. The minimum absolute atomic E-state index is 0.776. The van der Waals surface area contributed by atoms with E-state index in [1.807, 2.05) is 0 Å². The molecule has 4 atom stereocenters. The first-order chi connectivity index (χ1) is 8.20. The van der Waals surface area contributed by atoms with Gasteiger partial charge in [0.05, 0.1) is 0 Å². The van der Waals surface area contributed by atoms with Crippen molar-refractivity contribution in [3.63, 3.8) is 0 Å². The van der Waals surface area contributed by atoms with Crippen LogP contribution in [-0.2, 0) is 0 Å². The van der Waals surface area contributed by atoms with Gasteiger partial charge in [-0.05, 0) is 50.6 Å². The van der Waals surface area contributed by atoms with Gasteiger partial charge in [-0.25, -0.2) is 0 Å². The maximum atomic E-state index is 3.87. The van der Waals surface area contributed by atoms with E-state index in [-0.39, 0.29) is 0 Å². The predicted molar refractivity (Wildman–Crippen MR) is 74.2 cm³/mol. The minimum atomic E-state index is 0.776. The zero-order valence-corrected chi connectivity index (χ0v) is 11.9. The summed E-state index contributed by atoms with van der Waals surface area (Å²) in [4.78, 5) is 2.64. The lowest BCUT2D eigenvalue weighted by Gasteiger charge is -2.35. The molecule has 2 nitrogen and oxygen atoms in total. The summed E-state index contributed by atoms with van der Waals surface area (Å²) in [6.07, 6.45) is 7.04. The summed E-state index contributed by atoms with van der Waals surface area (Å²) in [6, 6.07) is 1.59. The highest BCUT2D eigenvalue weighted by molar-refractivity contribution is 4.85. The molecule has 0 amide bonds. The molecule has 0 radical (unpaired) electrons. The Balaban J connectivity index is 1.76. The lowest BCUT2D eigenvalue weighted by atomic mass is 9.80. The summed E-state index contributed by atoms with van der Waals surface area (Å²) in [5, 5.41) is 3.87. The van der Waals surface area contributed by atoms with Crippen LogP contribution >= 0.6 is 0 Å². The number of rotatable bonds is 4. The van der Waals surface area contributed by atoms with Gasteiger partial charge in [0.2, 0.25) is 0 Å². The molecule has 0 spiro atoms. The van der Waals surface area contributed by atoms with Gasteiger partial charge >= 0.3 is 0 Å². The normalized spacial score (nSPS) is 39.7. The topological polar surface area (TPSA) is 15.3 Å². The molecule has 1 heterocycles. The third kappa shape index (κ3) is 3.45. The maximum Gasteiger partial charge on any atom is 0.0221 e. The molecule has 1 aliphatic heterocycles. The first-order valence-corrected chi connectivity index (χ1v) is 7.68. The summed E-state index contributed by atoms with van der Waals surface area (Å²) < 4.78 is 0. The number of likely N-dealkylation sites (tertiary alicyclic amines) is 1. The van der Waals surface area contributed by atoms with Crippen LogP contribution in [-0.4, -0.2) is 36.6 Å². The van der Waals surface area contributed by atoms with Crippen LogP contribution in [0.15, 0.2) is 0 Å². The number of hydrogen-bond donors (Lipinski definition) is 1. The molecule has 2 rings (SSSR count). The van der Waals surface area contributed by atoms with Gasteiger partial charge in [-0.15, -0.1) is 0 Å². The van der Waals surface area contributed by atoms with E-state index in [0.29, 0.717) is 0 Å². The molecule has 2 heteroatoms. The fourth-order valence-corrected chi connectivity index (χ4v) is 3.65. The molecule has 0 aromatic heterocycles. The summed E-state index contributed by atoms with van der Waals surface area (Å²) in [5.74, 6) is 1.80. The summed E-state index contributed by atoms with van der Waals surface area (Å²) in [6.45, 7) is 10.9. The van der Waals surface area contributed by atoms with Gasteiger partial charge in [0.1, 0.15) is 0 Å². The highest BCUT2D eigenvalue weighted by Crippen LogP contribution is 2.28. The number of hydrogen-bond acceptors (Lipinski definition) is 2. The van der Waals surface area contributed by atoms with E-state index in [9.17, 15) is 0 Å². The van der Waals surface area contributed by atoms with Gasteiger partial charge in [-0.3, -0.25) is 4.90 Å². The zero-order valence-electron chi connectivity index (χ0n) is 11.9. The Kier molecular flexibility index (Phi) is 4.87. The standard InChI is InChI=1S/C15H30N2/c1-4-17-9-5-6-14(17)11-16-15-10-12(2)7-8-13(15)3/h12-16H,4-11H2,1-3H3. The Morgan fingerprint density at radius 2 is 2.00 bits per heavy atom. The van der Waals surface area contributed by atoms with Crippen molar-refractivity contribution in [1.82, 2.24) is 10.2 Å². The molecule has 1 N–H and O–H groups in total. The van der Waals surface area contributed by atoms with Crippen LogP contribution in [0.4, 0.5) is 0 Å². The van der Waals surface area contributed by atoms with E-state index >= 15 is 0 Å². The fourth-order valence-electron chi connectivity index (χ4n) is 3.65. The quantitative estimate of drug-likeness (QED) is 0.810. The van der Waals surface area contributed by atoms with E-state index in [1.165, 1.54) is 51.7 Å². The Hall–Kier alpha value is -0.0800. The minimum Gasteiger partial charge on any atom is -0.312 e. The maximum absolute atomic E-state index is 3.87. The number of nitrogens with zero attached hydrogens (tertiary/aromatic N) is 1. The van der Waals surface area contributed by atoms with E-state index in [2.05, 4.69) is 31.0 Å². The molecule has 0 bridgehead atoms. The summed E-state index contributed by atoms with van der Waals surface area (Å²) in [7, 11) is 0. The first kappa shape index (κ1) is 13.4. The number of likely N-dealkylation sites (N-methyl/N-ethyl adjacent to an activating group) is 1. The summed E-state index contributed by atoms with van der Waals surface area (Å²) in [5.41, 5.74) is 0. The van der Waals surface area contributed by atoms with E-state index in [0.717, 1.165) is 23.9 Å². The van der Waals surface area contributed by atoms with Crippen LogP contribution in [0.5, 0.6) is 0 Å². The highest BCUT2D eigenvalue weighted by Gasteiger charge is 2.28. The van der Waals surface area contributed by atoms with Gasteiger partial charge in [0, 0.05) is 18.6 Å². The lowest BCUT2D eigenvalue weighted by molar-refractivity contribution is 0.200. The van der Waals surface area contributed by atoms with Crippen molar-refractivity contribution in [3.05, 3.63) is 0 Å². The molecule has 4 unspecified atom stereocenters. The van der Waals surface area contributed by atoms with Crippen LogP contribution in [0.1, 0.15) is 52.9 Å². The average molecular weight is 238 g/mol. The molecule has 17 heavy (non-hydrogen) atoms. The molecule has 1 saturated carbocycles. The predicted octanol–water partition coefficient (Wildman–Crippen LogP) is 2.89. The average Bonchev–Trinajstić information content (AvgIpc) is 2.77. The molecule has 2 fully saturated rings. The Morgan fingerprint density at radius 1 is 1.18 bits per heavy atom. The second-order valence-electron chi connectivity index (χ2n) is 6.33. The molecule has 1 aliphatic carbocycles. The van der Waals surface area contributed by atoms with Crippen LogP contribution in [0.3, 0.4) is 0 Å². The van der Waals surface area contributed by atoms with Crippen LogP contribution in [0.25, 0.3) is 0 Å². The SMILES string of the molecule is CCN1CCCC1CNC1CC(C)CCC1C. The monoisotopic (exact) mass is 238 g/mol. The lowest BCUT2D eigenvalue weighted by Crippen LogP contribution is -2.46. The molecule has 1 saturated heterocycles. The molecule has 0 aromatic rings. The van der Waals surface area contributed by atoms with Gasteiger partial charge in [0.25, 0.3) is 0 Å². The van der Waals surface area contributed by atoms with Crippen molar-refractivity contribution in [3.8, 4) is 0 Å². The molecule has 100 valence electrons. The van der Waals surface area contributed by atoms with Crippen molar-refractivity contribution in [1.29, 1.82) is 0 Å². The van der Waals surface area contributed by atoms with Crippen LogP contribution < -0.4 is 5.32 Å². The second kappa shape index (κ2) is 6.19. The van der Waals surface area contributed by atoms with Gasteiger partial charge < -0.3 is 5.32 Å². The number of nitrogens with one attached hydrogen (secondary N) is 1. The van der Waals surface area contributed by atoms with Crippen molar-refractivity contribution in [2.45, 2.75) is 65.0 Å². The first-order valence-electron chi connectivity index (χ1n) is 7.68. The van der Waals surface area contributed by atoms with Crippen LogP contribution in [0.2, 0.25) is 0 Å². The van der Waals surface area contributed by atoms with E-state index in [1.54, 1.807) is 0 Å². The van der Waals surface area contributed by atoms with Crippen molar-refractivity contribution < 1.29 is 0 Å². The third-order valence-corrected chi connectivity index (χ3v) is 4.98. The third-order valence-electron chi connectivity index (χ3n) is 4.98. The van der Waals surface area contributed by atoms with Gasteiger partial charge in [-0.1, -0.05) is 27.2 Å². The van der Waals surface area contributed by atoms with Crippen molar-refractivity contribution in [2.75, 3.05) is 19.6 Å². The Morgan fingerprint density at radius 3 is 2.76 bits per heavy atom. The second-order valence-corrected chi connectivity index (χ2v) is 6.33. The van der Waals surface area contributed by atoms with Gasteiger partial charge in [0.15, 0.2) is 0 Å². The summed E-state index contributed by atoms with van der Waals surface area (Å²) >= 11 is 0. The van der Waals surface area contributed by atoms with E-state index < -0.39 is 0 Å². The van der Waals surface area contributed by atoms with E-state index in [4.69, 9.17) is 0 Å². The smallest absolute Gasteiger partial charge is 0.0221 e. The van der Waals surface area contributed by atoms with Crippen molar-refractivity contribution in [2.24, 2.45) is 11.8 Å². The van der Waals surface area contributed by atoms with Gasteiger partial charge in [-0.2, -0.15) is 0 Å². The molecule has 0 aromatic carbocycles. The fraction of sp³-hybridized carbons (Fsp3) is 1.00. The molecule has 2 aliphatic rings. The van der Waals surface area contributed by atoms with Crippen molar-refractivity contribution >= 4 is 0 Å². The van der Waals surface area contributed by atoms with Crippen LogP contribution in [0, 0.1) is 11.8 Å². The zero-order chi connectivity index (χ0) is 12.3. The molecular weight excluding hydrogens is 208 g/mol. The Labute approximate surface area is 107 Å². The molecular formula is C15H30N2. The highest BCUT2D eigenvalue weighted by atomic mass is 15.2.